The number of nitrogens with zero attached hydrogens (tertiary/aromatic N) is 3. The fraction of sp³-hybridized carbons (Fsp3) is 0.167. The van der Waals surface area contributed by atoms with Crippen molar-refractivity contribution in [2.24, 2.45) is 0 Å². The molecule has 1 N–H and O–H groups in total. The van der Waals surface area contributed by atoms with Gasteiger partial charge < -0.3 is 5.32 Å². The van der Waals surface area contributed by atoms with Crippen LogP contribution < -0.4 is 5.32 Å². The van der Waals surface area contributed by atoms with Crippen molar-refractivity contribution >= 4 is 23.2 Å². The Kier molecular flexibility index (Phi) is 3.91. The number of nitro groups is 1. The summed E-state index contributed by atoms with van der Waals surface area (Å²) in [6, 6.07) is 7.35. The first-order chi connectivity index (χ1) is 9.06. The van der Waals surface area contributed by atoms with Crippen molar-refractivity contribution in [2.75, 3.05) is 5.32 Å². The van der Waals surface area contributed by atoms with Crippen LogP contribution in [0.3, 0.4) is 0 Å². The van der Waals surface area contributed by atoms with E-state index in [1.807, 2.05) is 25.1 Å². The smallest absolute Gasteiger partial charge is 0.305 e. The number of halogens is 1. The maximum Gasteiger partial charge on any atom is 0.305 e. The lowest BCUT2D eigenvalue weighted by molar-refractivity contribution is -0.385. The summed E-state index contributed by atoms with van der Waals surface area (Å²) >= 11 is 5.91. The maximum atomic E-state index is 10.5. The van der Waals surface area contributed by atoms with E-state index in [2.05, 4.69) is 15.3 Å². The predicted octanol–water partition coefficient (Wildman–Crippen LogP) is 3.21. The molecule has 0 saturated heterocycles. The molecule has 6 nitrogen and oxygen atoms in total. The monoisotopic (exact) mass is 278 g/mol. The normalized spacial score (nSPS) is 11.9. The van der Waals surface area contributed by atoms with Crippen molar-refractivity contribution in [3.8, 4) is 0 Å². The summed E-state index contributed by atoms with van der Waals surface area (Å²) in [7, 11) is 0. The van der Waals surface area contributed by atoms with Crippen molar-refractivity contribution < 1.29 is 4.92 Å². The van der Waals surface area contributed by atoms with Crippen LogP contribution in [0.25, 0.3) is 0 Å². The van der Waals surface area contributed by atoms with Crippen LogP contribution in [-0.4, -0.2) is 14.9 Å². The summed E-state index contributed by atoms with van der Waals surface area (Å²) in [6.45, 7) is 1.93. The Morgan fingerprint density at radius 1 is 1.37 bits per heavy atom. The third kappa shape index (κ3) is 3.38. The van der Waals surface area contributed by atoms with Crippen molar-refractivity contribution in [1.82, 2.24) is 9.97 Å². The molecule has 0 saturated carbocycles. The third-order valence-electron chi connectivity index (χ3n) is 2.54. The number of anilines is 1. The van der Waals surface area contributed by atoms with Gasteiger partial charge in [0.05, 0.1) is 11.0 Å². The molecule has 0 radical (unpaired) electrons. The molecule has 1 unspecified atom stereocenters. The van der Waals surface area contributed by atoms with Gasteiger partial charge >= 0.3 is 5.69 Å². The largest absolute Gasteiger partial charge is 0.348 e. The lowest BCUT2D eigenvalue weighted by atomic mass is 10.1. The van der Waals surface area contributed by atoms with Gasteiger partial charge in [0.25, 0.3) is 0 Å². The number of benzene rings is 1. The summed E-state index contributed by atoms with van der Waals surface area (Å²) in [6.07, 6.45) is 2.33. The molecule has 0 amide bonds. The minimum Gasteiger partial charge on any atom is -0.348 e. The van der Waals surface area contributed by atoms with Crippen molar-refractivity contribution in [3.05, 3.63) is 57.4 Å². The molecule has 19 heavy (non-hydrogen) atoms. The minimum absolute atomic E-state index is 0.0554. The van der Waals surface area contributed by atoms with Crippen LogP contribution in [0, 0.1) is 10.1 Å². The van der Waals surface area contributed by atoms with Gasteiger partial charge in [0, 0.05) is 5.02 Å². The zero-order valence-electron chi connectivity index (χ0n) is 10.1. The van der Waals surface area contributed by atoms with Gasteiger partial charge in [0.2, 0.25) is 5.95 Å². The molecule has 0 fully saturated rings. The Balaban J connectivity index is 2.10. The standard InChI is InChI=1S/C12H11ClN4O2/c1-8(9-3-2-4-10(13)5-9)16-12-14-6-11(7-15-12)17(18)19/h2-8H,1H3,(H,14,15,16). The van der Waals surface area contributed by atoms with Gasteiger partial charge in [-0.3, -0.25) is 10.1 Å². The fourth-order valence-corrected chi connectivity index (χ4v) is 1.74. The van der Waals surface area contributed by atoms with E-state index in [0.29, 0.717) is 11.0 Å². The average Bonchev–Trinajstić information content (AvgIpc) is 2.39. The zero-order valence-corrected chi connectivity index (χ0v) is 10.8. The minimum atomic E-state index is -0.538. The van der Waals surface area contributed by atoms with E-state index in [1.54, 1.807) is 6.07 Å². The van der Waals surface area contributed by atoms with E-state index in [4.69, 9.17) is 11.6 Å². The van der Waals surface area contributed by atoms with E-state index in [9.17, 15) is 10.1 Å². The molecule has 0 aliphatic carbocycles. The van der Waals surface area contributed by atoms with Crippen LogP contribution in [0.5, 0.6) is 0 Å². The Morgan fingerprint density at radius 3 is 2.63 bits per heavy atom. The summed E-state index contributed by atoms with van der Waals surface area (Å²) in [5, 5.41) is 14.2. The second-order valence-corrected chi connectivity index (χ2v) is 4.38. The molecule has 2 rings (SSSR count). The van der Waals surface area contributed by atoms with Crippen molar-refractivity contribution in [3.63, 3.8) is 0 Å². The van der Waals surface area contributed by atoms with Gasteiger partial charge in [0.1, 0.15) is 12.4 Å². The number of hydrogen-bond acceptors (Lipinski definition) is 5. The van der Waals surface area contributed by atoms with E-state index in [-0.39, 0.29) is 11.7 Å². The number of aromatic nitrogens is 2. The number of rotatable bonds is 4. The van der Waals surface area contributed by atoms with Crippen LogP contribution in [0.1, 0.15) is 18.5 Å². The van der Waals surface area contributed by atoms with Crippen LogP contribution in [-0.2, 0) is 0 Å². The van der Waals surface area contributed by atoms with E-state index in [0.717, 1.165) is 5.56 Å². The molecule has 98 valence electrons. The highest BCUT2D eigenvalue weighted by Gasteiger charge is 2.10. The molecule has 0 spiro atoms. The van der Waals surface area contributed by atoms with Crippen LogP contribution in [0.4, 0.5) is 11.6 Å². The summed E-state index contributed by atoms with van der Waals surface area (Å²) < 4.78 is 0. The molecule has 0 aliphatic heterocycles. The zero-order chi connectivity index (χ0) is 13.8. The molecule has 0 bridgehead atoms. The van der Waals surface area contributed by atoms with Crippen LogP contribution in [0.15, 0.2) is 36.7 Å². The third-order valence-corrected chi connectivity index (χ3v) is 2.78. The molecular weight excluding hydrogens is 268 g/mol. The number of nitrogens with one attached hydrogen (secondary N) is 1. The van der Waals surface area contributed by atoms with E-state index >= 15 is 0 Å². The molecule has 1 heterocycles. The Labute approximate surface area is 114 Å². The van der Waals surface area contributed by atoms with Crippen molar-refractivity contribution in [2.45, 2.75) is 13.0 Å². The van der Waals surface area contributed by atoms with Gasteiger partial charge in [-0.05, 0) is 24.6 Å². The molecule has 1 aromatic heterocycles. The fourth-order valence-electron chi connectivity index (χ4n) is 1.54. The topological polar surface area (TPSA) is 81.0 Å². The molecule has 2 aromatic rings. The molecule has 1 aromatic carbocycles. The first-order valence-electron chi connectivity index (χ1n) is 5.54. The highest BCUT2D eigenvalue weighted by molar-refractivity contribution is 6.30. The van der Waals surface area contributed by atoms with Crippen LogP contribution in [0.2, 0.25) is 5.02 Å². The summed E-state index contributed by atoms with van der Waals surface area (Å²) in [5.41, 5.74) is 0.843. The quantitative estimate of drug-likeness (QED) is 0.686. The van der Waals surface area contributed by atoms with Crippen LogP contribution >= 0.6 is 11.6 Å². The highest BCUT2D eigenvalue weighted by atomic mass is 35.5. The van der Waals surface area contributed by atoms with E-state index < -0.39 is 4.92 Å². The summed E-state index contributed by atoms with van der Waals surface area (Å²) in [4.78, 5) is 17.7. The SMILES string of the molecule is CC(Nc1ncc([N+](=O)[O-])cn1)c1cccc(Cl)c1. The van der Waals surface area contributed by atoms with Crippen molar-refractivity contribution in [1.29, 1.82) is 0 Å². The lowest BCUT2D eigenvalue weighted by Gasteiger charge is -2.13. The Morgan fingerprint density at radius 2 is 2.05 bits per heavy atom. The maximum absolute atomic E-state index is 10.5. The van der Waals surface area contributed by atoms with Gasteiger partial charge in [0.15, 0.2) is 0 Å². The van der Waals surface area contributed by atoms with Gasteiger partial charge in [-0.15, -0.1) is 0 Å². The molecule has 7 heteroatoms. The predicted molar refractivity (Wildman–Crippen MR) is 72.2 cm³/mol. The Hall–Kier alpha value is -2.21. The highest BCUT2D eigenvalue weighted by Crippen LogP contribution is 2.20. The second kappa shape index (κ2) is 5.62. The molecular formula is C12H11ClN4O2. The summed E-state index contributed by atoms with van der Waals surface area (Å²) in [5.74, 6) is 0.332. The average molecular weight is 279 g/mol. The Bertz CT molecular complexity index is 589. The van der Waals surface area contributed by atoms with E-state index in [1.165, 1.54) is 12.4 Å². The molecule has 1 atom stereocenters. The van der Waals surface area contributed by atoms with Gasteiger partial charge in [-0.1, -0.05) is 23.7 Å². The number of hydrogen-bond donors (Lipinski definition) is 1. The second-order valence-electron chi connectivity index (χ2n) is 3.94. The van der Waals surface area contributed by atoms with Gasteiger partial charge in [-0.25, -0.2) is 9.97 Å². The molecule has 0 aliphatic rings. The van der Waals surface area contributed by atoms with Gasteiger partial charge in [-0.2, -0.15) is 0 Å². The first-order valence-corrected chi connectivity index (χ1v) is 5.92. The lowest BCUT2D eigenvalue weighted by Crippen LogP contribution is -2.09. The first kappa shape index (κ1) is 13.2.